The van der Waals surface area contributed by atoms with Crippen LogP contribution in [0.3, 0.4) is 0 Å². The highest BCUT2D eigenvalue weighted by molar-refractivity contribution is 5.73. The van der Waals surface area contributed by atoms with Gasteiger partial charge in [0.25, 0.3) is 0 Å². The lowest BCUT2D eigenvalue weighted by Gasteiger charge is -2.12. The van der Waals surface area contributed by atoms with Crippen LogP contribution >= 0.6 is 0 Å². The minimum absolute atomic E-state index is 0.732. The molecule has 1 aromatic rings. The highest BCUT2D eigenvalue weighted by Crippen LogP contribution is 2.29. The molecule has 58 valence electrons. The molecule has 0 aliphatic carbocycles. The van der Waals surface area contributed by atoms with E-state index in [1.54, 1.807) is 7.11 Å². The molecular formula is C8H10N2O. The van der Waals surface area contributed by atoms with Crippen molar-refractivity contribution in [3.8, 4) is 0 Å². The number of benzene rings is 1. The van der Waals surface area contributed by atoms with Crippen LogP contribution in [0.4, 0.5) is 11.4 Å². The Morgan fingerprint density at radius 3 is 3.09 bits per heavy atom. The Hall–Kier alpha value is -1.22. The van der Waals surface area contributed by atoms with Crippen molar-refractivity contribution >= 4 is 11.4 Å². The SMILES string of the molecule is CON1CNc2ccccc21. The van der Waals surface area contributed by atoms with E-state index in [0.717, 1.165) is 18.0 Å². The van der Waals surface area contributed by atoms with E-state index in [1.165, 1.54) is 0 Å². The van der Waals surface area contributed by atoms with Gasteiger partial charge in [0.15, 0.2) is 0 Å². The first kappa shape index (κ1) is 6.49. The molecule has 1 aliphatic rings. The molecule has 0 unspecified atom stereocenters. The third-order valence-corrected chi connectivity index (χ3v) is 1.81. The minimum atomic E-state index is 0.732. The Bertz CT molecular complexity index is 262. The lowest BCUT2D eigenvalue weighted by Crippen LogP contribution is -2.20. The van der Waals surface area contributed by atoms with Gasteiger partial charge in [-0.3, -0.25) is 4.84 Å². The number of hydrogen-bond donors (Lipinski definition) is 1. The fourth-order valence-corrected chi connectivity index (χ4v) is 1.25. The average Bonchev–Trinajstić information content (AvgIpc) is 2.47. The van der Waals surface area contributed by atoms with Crippen molar-refractivity contribution in [1.82, 2.24) is 0 Å². The molecule has 1 heterocycles. The smallest absolute Gasteiger partial charge is 0.114 e. The monoisotopic (exact) mass is 150 g/mol. The molecule has 0 atom stereocenters. The Morgan fingerprint density at radius 1 is 1.45 bits per heavy atom. The third-order valence-electron chi connectivity index (χ3n) is 1.81. The molecule has 3 nitrogen and oxygen atoms in total. The summed E-state index contributed by atoms with van der Waals surface area (Å²) in [5, 5.41) is 5.02. The maximum absolute atomic E-state index is 5.11. The molecule has 3 heteroatoms. The molecule has 0 radical (unpaired) electrons. The maximum atomic E-state index is 5.11. The normalized spacial score (nSPS) is 14.5. The third kappa shape index (κ3) is 0.935. The summed E-state index contributed by atoms with van der Waals surface area (Å²) in [5.41, 5.74) is 2.24. The van der Waals surface area contributed by atoms with E-state index in [4.69, 9.17) is 4.84 Å². The van der Waals surface area contributed by atoms with Crippen LogP contribution in [0.1, 0.15) is 0 Å². The Balaban J connectivity index is 2.39. The van der Waals surface area contributed by atoms with Gasteiger partial charge in [0.1, 0.15) is 6.67 Å². The molecule has 0 fully saturated rings. The van der Waals surface area contributed by atoms with Crippen molar-refractivity contribution in [2.75, 3.05) is 24.2 Å². The van der Waals surface area contributed by atoms with E-state index < -0.39 is 0 Å². The first-order valence-corrected chi connectivity index (χ1v) is 3.56. The highest BCUT2D eigenvalue weighted by atomic mass is 16.7. The van der Waals surface area contributed by atoms with Crippen LogP contribution < -0.4 is 10.4 Å². The van der Waals surface area contributed by atoms with Crippen molar-refractivity contribution in [2.45, 2.75) is 0 Å². The van der Waals surface area contributed by atoms with Crippen molar-refractivity contribution in [2.24, 2.45) is 0 Å². The molecule has 0 saturated carbocycles. The molecular weight excluding hydrogens is 140 g/mol. The summed E-state index contributed by atoms with van der Waals surface area (Å²) in [6, 6.07) is 8.07. The van der Waals surface area contributed by atoms with Gasteiger partial charge in [-0.05, 0) is 12.1 Å². The first-order chi connectivity index (χ1) is 5.42. The first-order valence-electron chi connectivity index (χ1n) is 3.56. The number of nitrogens with one attached hydrogen (secondary N) is 1. The van der Waals surface area contributed by atoms with Crippen LogP contribution in [0.5, 0.6) is 0 Å². The van der Waals surface area contributed by atoms with Crippen molar-refractivity contribution in [3.63, 3.8) is 0 Å². The van der Waals surface area contributed by atoms with Gasteiger partial charge in [0, 0.05) is 0 Å². The van der Waals surface area contributed by atoms with Gasteiger partial charge in [0.05, 0.1) is 18.5 Å². The van der Waals surface area contributed by atoms with Crippen molar-refractivity contribution in [3.05, 3.63) is 24.3 Å². The van der Waals surface area contributed by atoms with Crippen molar-refractivity contribution in [1.29, 1.82) is 0 Å². The van der Waals surface area contributed by atoms with Crippen LogP contribution in [0.25, 0.3) is 0 Å². The van der Waals surface area contributed by atoms with E-state index in [2.05, 4.69) is 5.32 Å². The molecule has 2 rings (SSSR count). The molecule has 0 aromatic heterocycles. The average molecular weight is 150 g/mol. The van der Waals surface area contributed by atoms with E-state index in [0.29, 0.717) is 0 Å². The van der Waals surface area contributed by atoms with Gasteiger partial charge >= 0.3 is 0 Å². The standard InChI is InChI=1S/C8H10N2O/c1-11-10-6-9-7-4-2-3-5-8(7)10/h2-5,9H,6H2,1H3. The second kappa shape index (κ2) is 2.43. The number of rotatable bonds is 1. The zero-order valence-electron chi connectivity index (χ0n) is 6.37. The van der Waals surface area contributed by atoms with Crippen LogP contribution in [0.2, 0.25) is 0 Å². The molecule has 1 aromatic carbocycles. The topological polar surface area (TPSA) is 24.5 Å². The molecule has 0 spiro atoms. The second-order valence-corrected chi connectivity index (χ2v) is 2.41. The van der Waals surface area contributed by atoms with Crippen LogP contribution in [0.15, 0.2) is 24.3 Å². The lowest BCUT2D eigenvalue weighted by molar-refractivity contribution is 0.176. The summed E-state index contributed by atoms with van der Waals surface area (Å²) < 4.78 is 0. The fourth-order valence-electron chi connectivity index (χ4n) is 1.25. The molecule has 0 amide bonds. The number of nitrogens with zero attached hydrogens (tertiary/aromatic N) is 1. The van der Waals surface area contributed by atoms with Crippen LogP contribution in [-0.2, 0) is 4.84 Å². The molecule has 11 heavy (non-hydrogen) atoms. The summed E-state index contributed by atoms with van der Waals surface area (Å²) >= 11 is 0. The Kier molecular flexibility index (Phi) is 1.43. The lowest BCUT2D eigenvalue weighted by atomic mass is 10.3. The zero-order valence-corrected chi connectivity index (χ0v) is 6.37. The maximum Gasteiger partial charge on any atom is 0.114 e. The number of hydroxylamine groups is 1. The molecule has 0 saturated heterocycles. The largest absolute Gasteiger partial charge is 0.364 e. The summed E-state index contributed by atoms with van der Waals surface area (Å²) in [4.78, 5) is 5.11. The quantitative estimate of drug-likeness (QED) is 0.655. The van der Waals surface area contributed by atoms with Gasteiger partial charge in [0.2, 0.25) is 0 Å². The number of fused-ring (bicyclic) bond motifs is 1. The number of para-hydroxylation sites is 2. The van der Waals surface area contributed by atoms with E-state index in [1.807, 2.05) is 29.3 Å². The van der Waals surface area contributed by atoms with Gasteiger partial charge in [-0.2, -0.15) is 0 Å². The molecule has 1 aliphatic heterocycles. The molecule has 0 bridgehead atoms. The van der Waals surface area contributed by atoms with Crippen molar-refractivity contribution < 1.29 is 4.84 Å². The van der Waals surface area contributed by atoms with Gasteiger partial charge in [-0.1, -0.05) is 12.1 Å². The Labute approximate surface area is 65.5 Å². The zero-order chi connectivity index (χ0) is 7.68. The second-order valence-electron chi connectivity index (χ2n) is 2.41. The van der Waals surface area contributed by atoms with Crippen LogP contribution in [0, 0.1) is 0 Å². The Morgan fingerprint density at radius 2 is 2.27 bits per heavy atom. The number of hydrogen-bond acceptors (Lipinski definition) is 3. The summed E-state index contributed by atoms with van der Waals surface area (Å²) in [5.74, 6) is 0. The summed E-state index contributed by atoms with van der Waals surface area (Å²) in [7, 11) is 1.67. The minimum Gasteiger partial charge on any atom is -0.364 e. The van der Waals surface area contributed by atoms with Gasteiger partial charge in [-0.25, -0.2) is 5.06 Å². The van der Waals surface area contributed by atoms with Gasteiger partial charge < -0.3 is 5.32 Å². The van der Waals surface area contributed by atoms with E-state index in [-0.39, 0.29) is 0 Å². The predicted octanol–water partition coefficient (Wildman–Crippen LogP) is 1.44. The predicted molar refractivity (Wildman–Crippen MR) is 44.4 cm³/mol. The summed E-state index contributed by atoms with van der Waals surface area (Å²) in [6.07, 6.45) is 0. The number of anilines is 2. The molecule has 1 N–H and O–H groups in total. The van der Waals surface area contributed by atoms with E-state index >= 15 is 0 Å². The fraction of sp³-hybridized carbons (Fsp3) is 0.250. The summed E-state index contributed by atoms with van der Waals surface area (Å²) in [6.45, 7) is 0.732. The van der Waals surface area contributed by atoms with Crippen LogP contribution in [-0.4, -0.2) is 13.8 Å². The van der Waals surface area contributed by atoms with Gasteiger partial charge in [-0.15, -0.1) is 0 Å². The van der Waals surface area contributed by atoms with E-state index in [9.17, 15) is 0 Å². The highest BCUT2D eigenvalue weighted by Gasteiger charge is 2.16.